The summed E-state index contributed by atoms with van der Waals surface area (Å²) in [7, 11) is 0. The van der Waals surface area contributed by atoms with Gasteiger partial charge >= 0.3 is 0 Å². The summed E-state index contributed by atoms with van der Waals surface area (Å²) in [5, 5.41) is 12.2. The minimum atomic E-state index is 0.0973. The first-order valence-electron chi connectivity index (χ1n) is 7.46. The third-order valence-electron chi connectivity index (χ3n) is 3.53. The zero-order valence-electron chi connectivity index (χ0n) is 12.2. The minimum absolute atomic E-state index is 0.0973. The fraction of sp³-hybridized carbons (Fsp3) is 0.625. The van der Waals surface area contributed by atoms with Gasteiger partial charge in [-0.3, -0.25) is 0 Å². The smallest absolute Gasteiger partial charge is 0.124 e. The molecule has 112 valence electrons. The molecular formula is C16H25NO3. The Kier molecular flexibility index (Phi) is 6.30. The molecule has 20 heavy (non-hydrogen) atoms. The molecule has 0 fully saturated rings. The summed E-state index contributed by atoms with van der Waals surface area (Å²) in [6.45, 7) is 5.05. The van der Waals surface area contributed by atoms with Gasteiger partial charge in [0.25, 0.3) is 0 Å². The summed E-state index contributed by atoms with van der Waals surface area (Å²) in [6, 6.07) is 6.77. The van der Waals surface area contributed by atoms with Gasteiger partial charge < -0.3 is 19.9 Å². The third kappa shape index (κ3) is 4.47. The lowest BCUT2D eigenvalue weighted by Crippen LogP contribution is -2.23. The summed E-state index contributed by atoms with van der Waals surface area (Å²) in [6.07, 6.45) is 3.14. The Balaban J connectivity index is 1.86. The topological polar surface area (TPSA) is 50.7 Å². The van der Waals surface area contributed by atoms with Crippen LogP contribution >= 0.6 is 0 Å². The van der Waals surface area contributed by atoms with Gasteiger partial charge in [-0.15, -0.1) is 0 Å². The Hall–Kier alpha value is -1.10. The molecule has 1 aromatic rings. The molecule has 2 N–H and O–H groups in total. The lowest BCUT2D eigenvalue weighted by atomic mass is 10.00. The van der Waals surface area contributed by atoms with E-state index in [0.29, 0.717) is 19.3 Å². The maximum absolute atomic E-state index is 8.64. The number of rotatable bonds is 7. The highest BCUT2D eigenvalue weighted by atomic mass is 16.5. The van der Waals surface area contributed by atoms with E-state index in [-0.39, 0.29) is 6.61 Å². The van der Waals surface area contributed by atoms with Gasteiger partial charge in [0.05, 0.1) is 19.8 Å². The number of fused-ring (bicyclic) bond motifs is 1. The standard InChI is InChI=1S/C16H25NO3/c1-13-5-6-16-14(12-13)15(4-2-10-20-16)17-7-3-9-19-11-8-18/h5-6,12,15,17-18H,2-4,7-11H2,1H3. The van der Waals surface area contributed by atoms with Crippen molar-refractivity contribution in [2.45, 2.75) is 32.2 Å². The number of aliphatic hydroxyl groups excluding tert-OH is 1. The van der Waals surface area contributed by atoms with E-state index in [4.69, 9.17) is 14.6 Å². The predicted octanol–water partition coefficient (Wildman–Crippen LogP) is 2.20. The van der Waals surface area contributed by atoms with E-state index in [9.17, 15) is 0 Å². The van der Waals surface area contributed by atoms with Gasteiger partial charge in [0.15, 0.2) is 0 Å². The van der Waals surface area contributed by atoms with Crippen molar-refractivity contribution >= 4 is 0 Å². The molecular weight excluding hydrogens is 254 g/mol. The second-order valence-corrected chi connectivity index (χ2v) is 5.23. The fourth-order valence-corrected chi connectivity index (χ4v) is 2.53. The van der Waals surface area contributed by atoms with E-state index in [1.165, 1.54) is 11.1 Å². The zero-order valence-corrected chi connectivity index (χ0v) is 12.2. The molecule has 1 heterocycles. The van der Waals surface area contributed by atoms with Crippen molar-refractivity contribution in [1.82, 2.24) is 5.32 Å². The molecule has 0 spiro atoms. The molecule has 1 aromatic carbocycles. The number of benzene rings is 1. The SMILES string of the molecule is Cc1ccc2c(c1)C(NCCCOCCO)CCCO2. The molecule has 0 aliphatic carbocycles. The monoisotopic (exact) mass is 279 g/mol. The van der Waals surface area contributed by atoms with Gasteiger partial charge in [0, 0.05) is 18.2 Å². The first kappa shape index (κ1) is 15.3. The summed E-state index contributed by atoms with van der Waals surface area (Å²) in [4.78, 5) is 0. The van der Waals surface area contributed by atoms with Gasteiger partial charge in [-0.05, 0) is 38.8 Å². The van der Waals surface area contributed by atoms with Crippen molar-refractivity contribution in [2.24, 2.45) is 0 Å². The first-order chi connectivity index (χ1) is 9.81. The predicted molar refractivity (Wildman–Crippen MR) is 79.2 cm³/mol. The van der Waals surface area contributed by atoms with E-state index < -0.39 is 0 Å². The third-order valence-corrected chi connectivity index (χ3v) is 3.53. The van der Waals surface area contributed by atoms with E-state index in [1.54, 1.807) is 0 Å². The van der Waals surface area contributed by atoms with Crippen LogP contribution in [0.25, 0.3) is 0 Å². The van der Waals surface area contributed by atoms with Crippen LogP contribution in [0.3, 0.4) is 0 Å². The van der Waals surface area contributed by atoms with Crippen molar-refractivity contribution in [3.05, 3.63) is 29.3 Å². The van der Waals surface area contributed by atoms with Crippen LogP contribution in [0, 0.1) is 6.92 Å². The van der Waals surface area contributed by atoms with E-state index in [2.05, 4.69) is 30.4 Å². The second kappa shape index (κ2) is 8.25. The van der Waals surface area contributed by atoms with Gasteiger partial charge in [0.1, 0.15) is 5.75 Å². The first-order valence-corrected chi connectivity index (χ1v) is 7.46. The van der Waals surface area contributed by atoms with Crippen LogP contribution in [-0.2, 0) is 4.74 Å². The van der Waals surface area contributed by atoms with Gasteiger partial charge in [0.2, 0.25) is 0 Å². The minimum Gasteiger partial charge on any atom is -0.493 e. The van der Waals surface area contributed by atoms with Gasteiger partial charge in [-0.1, -0.05) is 17.7 Å². The van der Waals surface area contributed by atoms with E-state index >= 15 is 0 Å². The average molecular weight is 279 g/mol. The molecule has 0 aromatic heterocycles. The van der Waals surface area contributed by atoms with Crippen LogP contribution < -0.4 is 10.1 Å². The molecule has 4 heteroatoms. The van der Waals surface area contributed by atoms with Crippen molar-refractivity contribution < 1.29 is 14.6 Å². The number of aryl methyl sites for hydroxylation is 1. The summed E-state index contributed by atoms with van der Waals surface area (Å²) >= 11 is 0. The van der Waals surface area contributed by atoms with E-state index in [1.807, 2.05) is 0 Å². The number of aliphatic hydroxyl groups is 1. The number of hydrogen-bond acceptors (Lipinski definition) is 4. The molecule has 1 atom stereocenters. The number of nitrogens with one attached hydrogen (secondary N) is 1. The Labute approximate surface area is 121 Å². The van der Waals surface area contributed by atoms with Crippen LogP contribution in [0.4, 0.5) is 0 Å². The molecule has 1 aliphatic rings. The Bertz CT molecular complexity index is 409. The van der Waals surface area contributed by atoms with Crippen molar-refractivity contribution in [3.63, 3.8) is 0 Å². The molecule has 4 nitrogen and oxygen atoms in total. The maximum atomic E-state index is 8.64. The highest BCUT2D eigenvalue weighted by Crippen LogP contribution is 2.32. The highest BCUT2D eigenvalue weighted by molar-refractivity contribution is 5.39. The molecule has 0 saturated heterocycles. The van der Waals surface area contributed by atoms with Crippen LogP contribution in [0.5, 0.6) is 5.75 Å². The lowest BCUT2D eigenvalue weighted by Gasteiger charge is -2.19. The summed E-state index contributed by atoms with van der Waals surface area (Å²) in [5.74, 6) is 1.02. The molecule has 0 bridgehead atoms. The fourth-order valence-electron chi connectivity index (χ4n) is 2.53. The van der Waals surface area contributed by atoms with Crippen LogP contribution in [0.15, 0.2) is 18.2 Å². The van der Waals surface area contributed by atoms with Gasteiger partial charge in [-0.25, -0.2) is 0 Å². The highest BCUT2D eigenvalue weighted by Gasteiger charge is 2.19. The quantitative estimate of drug-likeness (QED) is 0.751. The van der Waals surface area contributed by atoms with Crippen molar-refractivity contribution in [2.75, 3.05) is 33.0 Å². The van der Waals surface area contributed by atoms with Crippen LogP contribution in [0.1, 0.15) is 36.4 Å². The molecule has 0 saturated carbocycles. The Morgan fingerprint density at radius 1 is 1.40 bits per heavy atom. The molecule has 0 radical (unpaired) electrons. The maximum Gasteiger partial charge on any atom is 0.124 e. The summed E-state index contributed by atoms with van der Waals surface area (Å²) in [5.41, 5.74) is 2.55. The molecule has 1 aliphatic heterocycles. The summed E-state index contributed by atoms with van der Waals surface area (Å²) < 4.78 is 11.1. The zero-order chi connectivity index (χ0) is 14.2. The molecule has 2 rings (SSSR count). The number of hydrogen-bond donors (Lipinski definition) is 2. The van der Waals surface area contributed by atoms with Crippen LogP contribution in [0.2, 0.25) is 0 Å². The van der Waals surface area contributed by atoms with Crippen molar-refractivity contribution in [3.8, 4) is 5.75 Å². The normalized spacial score (nSPS) is 18.2. The van der Waals surface area contributed by atoms with Gasteiger partial charge in [-0.2, -0.15) is 0 Å². The van der Waals surface area contributed by atoms with E-state index in [0.717, 1.165) is 38.2 Å². The molecule has 0 amide bonds. The second-order valence-electron chi connectivity index (χ2n) is 5.23. The largest absolute Gasteiger partial charge is 0.493 e. The van der Waals surface area contributed by atoms with Crippen LogP contribution in [-0.4, -0.2) is 38.1 Å². The lowest BCUT2D eigenvalue weighted by molar-refractivity contribution is 0.0903. The average Bonchev–Trinajstić information content (AvgIpc) is 2.65. The number of ether oxygens (including phenoxy) is 2. The van der Waals surface area contributed by atoms with Crippen molar-refractivity contribution in [1.29, 1.82) is 0 Å². The Morgan fingerprint density at radius 3 is 3.15 bits per heavy atom. The molecule has 1 unspecified atom stereocenters. The Morgan fingerprint density at radius 2 is 2.30 bits per heavy atom.